The lowest BCUT2D eigenvalue weighted by Crippen LogP contribution is -2.18. The largest absolute Gasteiger partial charge is 0.573 e. The Hall–Kier alpha value is -2.70. The SMILES string of the molecule is CCCCC1CCC(c2cc(F)c(-c3ccc4c(F)c(OC(F)(F)F)ccc4c3)c(F)c2)CC1. The molecule has 0 atom stereocenters. The standard InChI is InChI=1S/C27H26F6O/c1-2-3-4-16-5-7-17(8-6-16)20-14-22(28)25(23(29)15-20)19-9-11-21-18(13-19)10-12-24(26(21)30)34-27(31,32)33/h9-17H,2-8H2,1H3. The van der Waals surface area contributed by atoms with Crippen LogP contribution in [0.4, 0.5) is 26.3 Å². The van der Waals surface area contributed by atoms with Crippen molar-refractivity contribution in [1.29, 1.82) is 0 Å². The van der Waals surface area contributed by atoms with E-state index in [1.54, 1.807) is 0 Å². The molecule has 182 valence electrons. The molecule has 3 aromatic carbocycles. The molecular weight excluding hydrogens is 454 g/mol. The first-order valence-electron chi connectivity index (χ1n) is 11.6. The van der Waals surface area contributed by atoms with Gasteiger partial charge >= 0.3 is 6.36 Å². The van der Waals surface area contributed by atoms with Crippen molar-refractivity contribution in [1.82, 2.24) is 0 Å². The van der Waals surface area contributed by atoms with Gasteiger partial charge < -0.3 is 4.74 Å². The number of hydrogen-bond donors (Lipinski definition) is 0. The van der Waals surface area contributed by atoms with Crippen molar-refractivity contribution in [3.63, 3.8) is 0 Å². The Bertz CT molecular complexity index is 1140. The summed E-state index contributed by atoms with van der Waals surface area (Å²) in [5, 5.41) is 0.0700. The second-order valence-electron chi connectivity index (χ2n) is 9.08. The molecule has 0 aromatic heterocycles. The van der Waals surface area contributed by atoms with E-state index >= 15 is 8.78 Å². The average Bonchev–Trinajstić information content (AvgIpc) is 2.78. The first-order chi connectivity index (χ1) is 16.2. The molecule has 3 aromatic rings. The molecule has 1 aliphatic rings. The molecule has 0 amide bonds. The third kappa shape index (κ3) is 5.34. The molecule has 0 radical (unpaired) electrons. The Labute approximate surface area is 194 Å². The van der Waals surface area contributed by atoms with E-state index in [9.17, 15) is 17.6 Å². The van der Waals surface area contributed by atoms with Crippen LogP contribution in [-0.4, -0.2) is 6.36 Å². The first-order valence-corrected chi connectivity index (χ1v) is 11.6. The van der Waals surface area contributed by atoms with Gasteiger partial charge in [0.05, 0.1) is 5.56 Å². The van der Waals surface area contributed by atoms with Gasteiger partial charge in [0.2, 0.25) is 0 Å². The molecule has 0 heterocycles. The highest BCUT2D eigenvalue weighted by molar-refractivity contribution is 5.89. The monoisotopic (exact) mass is 480 g/mol. The third-order valence-corrected chi connectivity index (χ3v) is 6.78. The van der Waals surface area contributed by atoms with Gasteiger partial charge in [-0.05, 0) is 78.3 Å². The molecular formula is C27H26F6O. The van der Waals surface area contributed by atoms with E-state index in [1.165, 1.54) is 55.7 Å². The van der Waals surface area contributed by atoms with Gasteiger partial charge in [-0.1, -0.05) is 44.4 Å². The van der Waals surface area contributed by atoms with Crippen LogP contribution < -0.4 is 4.74 Å². The molecule has 0 saturated heterocycles. The fraction of sp³-hybridized carbons (Fsp3) is 0.407. The molecule has 1 aliphatic carbocycles. The minimum atomic E-state index is -5.03. The van der Waals surface area contributed by atoms with Crippen LogP contribution in [0.15, 0.2) is 42.5 Å². The molecule has 0 unspecified atom stereocenters. The highest BCUT2D eigenvalue weighted by atomic mass is 19.4. The summed E-state index contributed by atoms with van der Waals surface area (Å²) < 4.78 is 85.7. The Morgan fingerprint density at radius 2 is 1.56 bits per heavy atom. The van der Waals surface area contributed by atoms with Crippen LogP contribution in [0, 0.1) is 23.4 Å². The number of hydrogen-bond acceptors (Lipinski definition) is 1. The smallest absolute Gasteiger partial charge is 0.403 e. The van der Waals surface area contributed by atoms with Gasteiger partial charge in [0.25, 0.3) is 0 Å². The zero-order chi connectivity index (χ0) is 24.5. The number of ether oxygens (including phenoxy) is 1. The summed E-state index contributed by atoms with van der Waals surface area (Å²) in [5.41, 5.74) is 0.591. The van der Waals surface area contributed by atoms with Crippen molar-refractivity contribution in [2.45, 2.75) is 64.1 Å². The predicted octanol–water partition coefficient (Wildman–Crippen LogP) is 9.29. The molecule has 0 N–H and O–H groups in total. The summed E-state index contributed by atoms with van der Waals surface area (Å²) in [7, 11) is 0. The normalized spacial score (nSPS) is 18.9. The van der Waals surface area contributed by atoms with Crippen LogP contribution in [0.1, 0.15) is 63.4 Å². The summed E-state index contributed by atoms with van der Waals surface area (Å²) in [5.74, 6) is -2.76. The Morgan fingerprint density at radius 1 is 0.882 bits per heavy atom. The number of unbranched alkanes of at least 4 members (excludes halogenated alkanes) is 1. The fourth-order valence-electron chi connectivity index (χ4n) is 5.01. The summed E-state index contributed by atoms with van der Waals surface area (Å²) in [6.07, 6.45) is 2.49. The maximum Gasteiger partial charge on any atom is 0.573 e. The predicted molar refractivity (Wildman–Crippen MR) is 120 cm³/mol. The minimum absolute atomic E-state index is 0.119. The van der Waals surface area contributed by atoms with Crippen molar-refractivity contribution >= 4 is 10.8 Å². The Balaban J connectivity index is 1.58. The fourth-order valence-corrected chi connectivity index (χ4v) is 5.01. The van der Waals surface area contributed by atoms with Gasteiger partial charge in [0, 0.05) is 5.39 Å². The molecule has 0 spiro atoms. The lowest BCUT2D eigenvalue weighted by atomic mass is 9.77. The quantitative estimate of drug-likeness (QED) is 0.320. The molecule has 1 saturated carbocycles. The zero-order valence-corrected chi connectivity index (χ0v) is 18.8. The molecule has 4 rings (SSSR count). The first kappa shape index (κ1) is 24.4. The van der Waals surface area contributed by atoms with Gasteiger partial charge in [0.1, 0.15) is 11.6 Å². The van der Waals surface area contributed by atoms with Crippen LogP contribution in [0.5, 0.6) is 5.75 Å². The molecule has 7 heteroatoms. The van der Waals surface area contributed by atoms with Gasteiger partial charge in [-0.15, -0.1) is 13.2 Å². The van der Waals surface area contributed by atoms with E-state index < -0.39 is 29.6 Å². The van der Waals surface area contributed by atoms with Crippen molar-refractivity contribution in [3.05, 3.63) is 65.5 Å². The number of rotatable bonds is 6. The van der Waals surface area contributed by atoms with E-state index in [-0.39, 0.29) is 27.8 Å². The van der Waals surface area contributed by atoms with Crippen molar-refractivity contribution < 1.29 is 31.1 Å². The summed E-state index contributed by atoms with van der Waals surface area (Å²) in [4.78, 5) is 0. The second-order valence-corrected chi connectivity index (χ2v) is 9.08. The van der Waals surface area contributed by atoms with Crippen LogP contribution in [0.25, 0.3) is 21.9 Å². The number of fused-ring (bicyclic) bond motifs is 1. The molecule has 1 fully saturated rings. The van der Waals surface area contributed by atoms with E-state index in [2.05, 4.69) is 11.7 Å². The number of benzene rings is 3. The number of alkyl halides is 3. The topological polar surface area (TPSA) is 9.23 Å². The lowest BCUT2D eigenvalue weighted by molar-refractivity contribution is -0.275. The average molecular weight is 480 g/mol. The molecule has 1 nitrogen and oxygen atoms in total. The van der Waals surface area contributed by atoms with Crippen molar-refractivity contribution in [3.8, 4) is 16.9 Å². The molecule has 0 bridgehead atoms. The highest BCUT2D eigenvalue weighted by Gasteiger charge is 2.32. The van der Waals surface area contributed by atoms with Crippen LogP contribution >= 0.6 is 0 Å². The van der Waals surface area contributed by atoms with Gasteiger partial charge in [-0.25, -0.2) is 13.2 Å². The van der Waals surface area contributed by atoms with Crippen molar-refractivity contribution in [2.75, 3.05) is 0 Å². The highest BCUT2D eigenvalue weighted by Crippen LogP contribution is 2.40. The van der Waals surface area contributed by atoms with Crippen LogP contribution in [0.3, 0.4) is 0 Å². The van der Waals surface area contributed by atoms with Crippen LogP contribution in [0.2, 0.25) is 0 Å². The maximum absolute atomic E-state index is 15.1. The summed E-state index contributed by atoms with van der Waals surface area (Å²) in [6.45, 7) is 2.17. The lowest BCUT2D eigenvalue weighted by Gasteiger charge is -2.29. The van der Waals surface area contributed by atoms with E-state index in [0.29, 0.717) is 11.5 Å². The number of halogens is 6. The van der Waals surface area contributed by atoms with Crippen molar-refractivity contribution in [2.24, 2.45) is 5.92 Å². The molecule has 0 aliphatic heterocycles. The van der Waals surface area contributed by atoms with E-state index in [1.807, 2.05) is 0 Å². The van der Waals surface area contributed by atoms with E-state index in [0.717, 1.165) is 31.7 Å². The Morgan fingerprint density at radius 3 is 2.18 bits per heavy atom. The van der Waals surface area contributed by atoms with Crippen LogP contribution in [-0.2, 0) is 0 Å². The maximum atomic E-state index is 15.1. The zero-order valence-electron chi connectivity index (χ0n) is 18.8. The third-order valence-electron chi connectivity index (χ3n) is 6.78. The molecule has 34 heavy (non-hydrogen) atoms. The summed E-state index contributed by atoms with van der Waals surface area (Å²) in [6, 6.07) is 8.68. The Kier molecular flexibility index (Phi) is 7.10. The van der Waals surface area contributed by atoms with Gasteiger partial charge in [-0.3, -0.25) is 0 Å². The minimum Gasteiger partial charge on any atom is -0.403 e. The second kappa shape index (κ2) is 9.88. The van der Waals surface area contributed by atoms with E-state index in [4.69, 9.17) is 0 Å². The van der Waals surface area contributed by atoms with Gasteiger partial charge in [-0.2, -0.15) is 0 Å². The summed E-state index contributed by atoms with van der Waals surface area (Å²) >= 11 is 0. The van der Waals surface area contributed by atoms with Gasteiger partial charge in [0.15, 0.2) is 11.6 Å².